The third kappa shape index (κ3) is 4.71. The second-order valence-electron chi connectivity index (χ2n) is 9.50. The van der Waals surface area contributed by atoms with Crippen molar-refractivity contribution in [2.75, 3.05) is 39.3 Å². The van der Waals surface area contributed by atoms with Gasteiger partial charge in [-0.05, 0) is 48.2 Å². The summed E-state index contributed by atoms with van der Waals surface area (Å²) in [6.07, 6.45) is 3.53. The number of β-amino-alcohol motifs (C(OH)–C–C–N with tert-alkyl or cyclic N) is 1. The van der Waals surface area contributed by atoms with Gasteiger partial charge in [0.2, 0.25) is 0 Å². The molecular formula is C26H32FN5O3. The number of nitrogens with two attached hydrogens (primary N) is 1. The van der Waals surface area contributed by atoms with Crippen molar-refractivity contribution in [3.63, 3.8) is 0 Å². The van der Waals surface area contributed by atoms with Gasteiger partial charge in [0.15, 0.2) is 5.76 Å². The highest BCUT2D eigenvalue weighted by Crippen LogP contribution is 2.35. The van der Waals surface area contributed by atoms with E-state index in [1.807, 2.05) is 6.08 Å². The summed E-state index contributed by atoms with van der Waals surface area (Å²) in [5, 5.41) is 18.4. The van der Waals surface area contributed by atoms with E-state index >= 15 is 0 Å². The van der Waals surface area contributed by atoms with Crippen molar-refractivity contribution in [2.24, 2.45) is 5.73 Å². The highest BCUT2D eigenvalue weighted by molar-refractivity contribution is 5.84. The van der Waals surface area contributed by atoms with E-state index in [2.05, 4.69) is 22.1 Å². The first-order valence-corrected chi connectivity index (χ1v) is 12.1. The van der Waals surface area contributed by atoms with Gasteiger partial charge >= 0.3 is 0 Å². The lowest BCUT2D eigenvalue weighted by Crippen LogP contribution is -2.53. The molecule has 5 N–H and O–H groups in total. The number of morpholine rings is 1. The maximum Gasteiger partial charge on any atom is 0.251 e. The van der Waals surface area contributed by atoms with Gasteiger partial charge in [-0.1, -0.05) is 6.58 Å². The Hall–Kier alpha value is -3.14. The monoisotopic (exact) mass is 481 g/mol. The Morgan fingerprint density at radius 1 is 1.34 bits per heavy atom. The minimum absolute atomic E-state index is 0.0648. The van der Waals surface area contributed by atoms with Crippen molar-refractivity contribution in [2.45, 2.75) is 31.0 Å². The molecule has 4 heterocycles. The summed E-state index contributed by atoms with van der Waals surface area (Å²) in [5.74, 6) is 0.218. The minimum atomic E-state index is -0.563. The first-order valence-electron chi connectivity index (χ1n) is 12.1. The van der Waals surface area contributed by atoms with E-state index in [1.54, 1.807) is 22.8 Å². The van der Waals surface area contributed by atoms with Gasteiger partial charge in [0.1, 0.15) is 12.4 Å². The van der Waals surface area contributed by atoms with E-state index in [4.69, 9.17) is 10.5 Å². The molecule has 0 amide bonds. The first-order chi connectivity index (χ1) is 16.9. The van der Waals surface area contributed by atoms with E-state index in [0.717, 1.165) is 29.6 Å². The summed E-state index contributed by atoms with van der Waals surface area (Å²) in [6, 6.07) is 6.45. The number of aliphatic hydroxyl groups excluding tert-OH is 1. The van der Waals surface area contributed by atoms with Crippen LogP contribution in [0.2, 0.25) is 0 Å². The topological polar surface area (TPSA) is 105 Å². The number of hydrogen-bond donors (Lipinski definition) is 4. The molecule has 0 bridgehead atoms. The number of ether oxygens (including phenoxy) is 1. The fourth-order valence-corrected chi connectivity index (χ4v) is 5.43. The van der Waals surface area contributed by atoms with Crippen molar-refractivity contribution in [3.05, 3.63) is 81.9 Å². The average Bonchev–Trinajstić information content (AvgIpc) is 3.24. The van der Waals surface area contributed by atoms with E-state index in [9.17, 15) is 14.3 Å². The molecule has 1 unspecified atom stereocenters. The Morgan fingerprint density at radius 2 is 2.17 bits per heavy atom. The molecule has 1 aromatic heterocycles. The molecule has 2 fully saturated rings. The van der Waals surface area contributed by atoms with Gasteiger partial charge in [-0.2, -0.15) is 0 Å². The number of benzene rings is 1. The molecule has 1 aromatic carbocycles. The minimum Gasteiger partial charge on any atom is -0.488 e. The van der Waals surface area contributed by atoms with E-state index in [0.29, 0.717) is 56.2 Å². The summed E-state index contributed by atoms with van der Waals surface area (Å²) < 4.78 is 22.0. The van der Waals surface area contributed by atoms with Crippen molar-refractivity contribution in [3.8, 4) is 0 Å². The molecule has 0 radical (unpaired) electrons. The molecule has 3 atom stereocenters. The Kier molecular flexibility index (Phi) is 6.64. The summed E-state index contributed by atoms with van der Waals surface area (Å²) >= 11 is 0. The average molecular weight is 482 g/mol. The molecule has 3 aliphatic rings. The van der Waals surface area contributed by atoms with Crippen molar-refractivity contribution in [1.29, 1.82) is 0 Å². The Bertz CT molecular complexity index is 1250. The third-order valence-electron chi connectivity index (χ3n) is 7.12. The SMILES string of the molecule is C=C(/C=C1/NCCO/C1=C/N)CN[C@H]1CCN(CC2Cn3c(=O)ccc4ccc(F)c2c43)C[C@H]1O. The van der Waals surface area contributed by atoms with Crippen LogP contribution in [0.5, 0.6) is 0 Å². The molecule has 0 saturated carbocycles. The molecule has 35 heavy (non-hydrogen) atoms. The van der Waals surface area contributed by atoms with Crippen LogP contribution in [0.3, 0.4) is 0 Å². The second-order valence-corrected chi connectivity index (χ2v) is 9.50. The van der Waals surface area contributed by atoms with Crippen LogP contribution in [0.1, 0.15) is 17.9 Å². The lowest BCUT2D eigenvalue weighted by atomic mass is 9.96. The van der Waals surface area contributed by atoms with Crippen LogP contribution in [-0.4, -0.2) is 66.1 Å². The number of nitrogens with zero attached hydrogens (tertiary/aromatic N) is 2. The number of aromatic nitrogens is 1. The summed E-state index contributed by atoms with van der Waals surface area (Å²) in [4.78, 5) is 14.5. The Balaban J connectivity index is 1.18. The lowest BCUT2D eigenvalue weighted by Gasteiger charge is -2.37. The van der Waals surface area contributed by atoms with Gasteiger partial charge in [0, 0.05) is 62.5 Å². The number of pyridine rings is 1. The van der Waals surface area contributed by atoms with Crippen LogP contribution in [-0.2, 0) is 11.3 Å². The van der Waals surface area contributed by atoms with Crippen LogP contribution >= 0.6 is 0 Å². The van der Waals surface area contributed by atoms with E-state index < -0.39 is 6.10 Å². The van der Waals surface area contributed by atoms with Crippen LogP contribution < -0.4 is 21.9 Å². The predicted molar refractivity (Wildman–Crippen MR) is 133 cm³/mol. The fraction of sp³-hybridized carbons (Fsp3) is 0.423. The van der Waals surface area contributed by atoms with Crippen LogP contribution in [0.4, 0.5) is 4.39 Å². The number of rotatable bonds is 6. The molecule has 0 spiro atoms. The zero-order chi connectivity index (χ0) is 24.5. The van der Waals surface area contributed by atoms with Gasteiger partial charge < -0.3 is 30.8 Å². The fourth-order valence-electron chi connectivity index (χ4n) is 5.43. The number of likely N-dealkylation sites (tertiary alicyclic amines) is 1. The molecule has 2 saturated heterocycles. The standard InChI is InChI=1S/C26H32FN5O3/c1-16(10-21-23(11-28)35-9-7-29-21)12-30-20-6-8-31(15-22(20)33)13-18-14-32-24(34)5-3-17-2-4-19(27)25(18)26(17)32/h2-5,10-11,18,20,22,29-30,33H,1,6-9,12-15,28H2/b21-10+,23-11+/t18?,20-,22+/m0/s1. The number of nitrogens with one attached hydrogen (secondary N) is 2. The molecule has 8 nitrogen and oxygen atoms in total. The summed E-state index contributed by atoms with van der Waals surface area (Å²) in [7, 11) is 0. The molecule has 0 aliphatic carbocycles. The molecule has 5 rings (SSSR count). The van der Waals surface area contributed by atoms with Gasteiger partial charge in [-0.25, -0.2) is 4.39 Å². The zero-order valence-corrected chi connectivity index (χ0v) is 19.7. The first kappa shape index (κ1) is 23.6. The van der Waals surface area contributed by atoms with Gasteiger partial charge in [-0.15, -0.1) is 0 Å². The Labute approximate surface area is 203 Å². The normalized spacial score (nSPS) is 26.7. The van der Waals surface area contributed by atoms with Crippen LogP contribution in [0.15, 0.2) is 64.9 Å². The van der Waals surface area contributed by atoms with Crippen molar-refractivity contribution >= 4 is 10.9 Å². The quantitative estimate of drug-likeness (QED) is 0.490. The highest BCUT2D eigenvalue weighted by Gasteiger charge is 2.33. The van der Waals surface area contributed by atoms with E-state index in [-0.39, 0.29) is 23.3 Å². The van der Waals surface area contributed by atoms with Gasteiger partial charge in [-0.3, -0.25) is 9.69 Å². The third-order valence-corrected chi connectivity index (χ3v) is 7.12. The van der Waals surface area contributed by atoms with Crippen LogP contribution in [0, 0.1) is 5.82 Å². The molecule has 186 valence electrons. The van der Waals surface area contributed by atoms with Gasteiger partial charge in [0.25, 0.3) is 5.56 Å². The van der Waals surface area contributed by atoms with Crippen molar-refractivity contribution in [1.82, 2.24) is 20.1 Å². The lowest BCUT2D eigenvalue weighted by molar-refractivity contribution is 0.0385. The maximum atomic E-state index is 14.8. The summed E-state index contributed by atoms with van der Waals surface area (Å²) in [6.45, 7) is 8.23. The van der Waals surface area contributed by atoms with E-state index in [1.165, 1.54) is 12.3 Å². The molecular weight excluding hydrogens is 449 g/mol. The van der Waals surface area contributed by atoms with Gasteiger partial charge in [0.05, 0.1) is 17.3 Å². The number of halogens is 1. The smallest absolute Gasteiger partial charge is 0.251 e. The maximum absolute atomic E-state index is 14.8. The largest absolute Gasteiger partial charge is 0.488 e. The zero-order valence-electron chi connectivity index (χ0n) is 19.7. The second kappa shape index (κ2) is 9.85. The molecule has 3 aliphatic heterocycles. The number of piperidine rings is 1. The summed E-state index contributed by atoms with van der Waals surface area (Å²) in [5.41, 5.74) is 8.50. The number of hydrogen-bond acceptors (Lipinski definition) is 7. The molecule has 2 aromatic rings. The van der Waals surface area contributed by atoms with Crippen LogP contribution in [0.25, 0.3) is 10.9 Å². The van der Waals surface area contributed by atoms with Crippen molar-refractivity contribution < 1.29 is 14.2 Å². The number of aliphatic hydroxyl groups is 1. The predicted octanol–water partition coefficient (Wildman–Crippen LogP) is 1.12. The highest BCUT2D eigenvalue weighted by atomic mass is 19.1. The molecule has 9 heteroatoms. The Morgan fingerprint density at radius 3 is 2.97 bits per heavy atom.